The summed E-state index contributed by atoms with van der Waals surface area (Å²) in [6.45, 7) is 1.41. The molecule has 0 aliphatic rings. The number of carbonyl (C=O) groups excluding carboxylic acids is 1. The molecule has 110 valence electrons. The van der Waals surface area contributed by atoms with Crippen LogP contribution in [0.3, 0.4) is 0 Å². The molecule has 0 heterocycles. The highest BCUT2D eigenvalue weighted by Crippen LogP contribution is 2.21. The van der Waals surface area contributed by atoms with Gasteiger partial charge in [0.25, 0.3) is 0 Å². The minimum absolute atomic E-state index is 0.111. The summed E-state index contributed by atoms with van der Waals surface area (Å²) in [5.41, 5.74) is 0.391. The molecule has 0 saturated carbocycles. The number of benzene rings is 2. The van der Waals surface area contributed by atoms with Crippen LogP contribution in [0.4, 0.5) is 0 Å². The average Bonchev–Trinajstić information content (AvgIpc) is 2.54. The van der Waals surface area contributed by atoms with Gasteiger partial charge in [0.05, 0.1) is 12.0 Å². The lowest BCUT2D eigenvalue weighted by molar-refractivity contribution is 0.0991. The number of rotatable bonds is 5. The van der Waals surface area contributed by atoms with E-state index in [1.807, 2.05) is 0 Å². The van der Waals surface area contributed by atoms with Crippen LogP contribution in [-0.4, -0.2) is 26.6 Å². The summed E-state index contributed by atoms with van der Waals surface area (Å²) < 4.78 is 30.0. The van der Waals surface area contributed by atoms with E-state index < -0.39 is 20.9 Å². The largest absolute Gasteiger partial charge is 0.497 e. The van der Waals surface area contributed by atoms with Crippen molar-refractivity contribution in [3.05, 3.63) is 60.2 Å². The number of Topliss-reactive ketones (excluding diaryl/α,β-unsaturated/α-hetero) is 1. The zero-order valence-electron chi connectivity index (χ0n) is 11.8. The molecule has 0 aliphatic carbocycles. The van der Waals surface area contributed by atoms with Gasteiger partial charge in [0, 0.05) is 5.56 Å². The van der Waals surface area contributed by atoms with E-state index in [9.17, 15) is 13.2 Å². The van der Waals surface area contributed by atoms with E-state index in [-0.39, 0.29) is 4.90 Å². The number of methoxy groups -OCH3 is 1. The Morgan fingerprint density at radius 1 is 1.00 bits per heavy atom. The van der Waals surface area contributed by atoms with Gasteiger partial charge in [-0.15, -0.1) is 0 Å². The fraction of sp³-hybridized carbons (Fsp3) is 0.188. The third-order valence-electron chi connectivity index (χ3n) is 3.28. The third kappa shape index (κ3) is 3.13. The molecular formula is C16H16O4S. The zero-order chi connectivity index (χ0) is 15.5. The van der Waals surface area contributed by atoms with Crippen molar-refractivity contribution in [2.45, 2.75) is 17.1 Å². The van der Waals surface area contributed by atoms with E-state index >= 15 is 0 Å². The molecule has 0 aliphatic heterocycles. The Hall–Kier alpha value is -2.14. The number of sulfone groups is 1. The lowest BCUT2D eigenvalue weighted by atomic mass is 10.1. The highest BCUT2D eigenvalue weighted by Gasteiger charge is 2.30. The van der Waals surface area contributed by atoms with Gasteiger partial charge in [0.2, 0.25) is 0 Å². The van der Waals surface area contributed by atoms with E-state index in [0.29, 0.717) is 11.3 Å². The molecule has 2 aromatic carbocycles. The molecule has 0 radical (unpaired) electrons. The molecule has 4 nitrogen and oxygen atoms in total. The maximum absolute atomic E-state index is 12.5. The van der Waals surface area contributed by atoms with Gasteiger partial charge in [-0.2, -0.15) is 0 Å². The Morgan fingerprint density at radius 3 is 2.10 bits per heavy atom. The Kier molecular flexibility index (Phi) is 4.43. The summed E-state index contributed by atoms with van der Waals surface area (Å²) in [6.07, 6.45) is 0. The van der Waals surface area contributed by atoms with Crippen molar-refractivity contribution in [3.8, 4) is 5.75 Å². The summed E-state index contributed by atoms with van der Waals surface area (Å²) in [6, 6.07) is 14.4. The topological polar surface area (TPSA) is 60.4 Å². The van der Waals surface area contributed by atoms with Crippen LogP contribution in [0.15, 0.2) is 59.5 Å². The van der Waals surface area contributed by atoms with Gasteiger partial charge in [-0.1, -0.05) is 30.3 Å². The Bertz CT molecular complexity index is 719. The third-order valence-corrected chi connectivity index (χ3v) is 5.36. The number of ketones is 1. The fourth-order valence-corrected chi connectivity index (χ4v) is 3.29. The van der Waals surface area contributed by atoms with Crippen LogP contribution in [0.1, 0.15) is 17.3 Å². The first-order chi connectivity index (χ1) is 9.96. The monoisotopic (exact) mass is 304 g/mol. The van der Waals surface area contributed by atoms with E-state index in [2.05, 4.69) is 0 Å². The van der Waals surface area contributed by atoms with E-state index in [1.165, 1.54) is 26.2 Å². The highest BCUT2D eigenvalue weighted by atomic mass is 32.2. The summed E-state index contributed by atoms with van der Waals surface area (Å²) >= 11 is 0. The predicted octanol–water partition coefficient (Wildman–Crippen LogP) is 2.74. The quantitative estimate of drug-likeness (QED) is 0.797. The van der Waals surface area contributed by atoms with Gasteiger partial charge in [0.1, 0.15) is 11.0 Å². The molecular weight excluding hydrogens is 288 g/mol. The van der Waals surface area contributed by atoms with Crippen LogP contribution in [0.25, 0.3) is 0 Å². The van der Waals surface area contributed by atoms with Crippen molar-refractivity contribution in [3.63, 3.8) is 0 Å². The molecule has 2 aromatic rings. The van der Waals surface area contributed by atoms with Gasteiger partial charge in [-0.25, -0.2) is 8.42 Å². The summed E-state index contributed by atoms with van der Waals surface area (Å²) in [4.78, 5) is 12.4. The van der Waals surface area contributed by atoms with Gasteiger partial charge >= 0.3 is 0 Å². The summed E-state index contributed by atoms with van der Waals surface area (Å²) in [5.74, 6) is 0.155. The van der Waals surface area contributed by atoms with Crippen molar-refractivity contribution >= 4 is 15.6 Å². The first-order valence-corrected chi connectivity index (χ1v) is 7.98. The molecule has 0 aromatic heterocycles. The lowest BCUT2D eigenvalue weighted by Crippen LogP contribution is -2.27. The van der Waals surface area contributed by atoms with Gasteiger partial charge in [-0.05, 0) is 31.2 Å². The Labute approximate surface area is 124 Å². The number of hydrogen-bond donors (Lipinski definition) is 0. The first kappa shape index (κ1) is 15.3. The normalized spacial score (nSPS) is 12.7. The second-order valence-corrected chi connectivity index (χ2v) is 6.86. The molecule has 0 spiro atoms. The van der Waals surface area contributed by atoms with Crippen LogP contribution >= 0.6 is 0 Å². The highest BCUT2D eigenvalue weighted by molar-refractivity contribution is 7.92. The van der Waals surface area contributed by atoms with Gasteiger partial charge in [-0.3, -0.25) is 4.79 Å². The van der Waals surface area contributed by atoms with Crippen molar-refractivity contribution in [1.29, 1.82) is 0 Å². The Morgan fingerprint density at radius 2 is 1.57 bits per heavy atom. The summed E-state index contributed by atoms with van der Waals surface area (Å²) in [5, 5.41) is -1.13. The van der Waals surface area contributed by atoms with Gasteiger partial charge < -0.3 is 4.74 Å². The molecule has 0 saturated heterocycles. The molecule has 1 atom stereocenters. The van der Waals surface area contributed by atoms with Crippen molar-refractivity contribution in [2.75, 3.05) is 7.11 Å². The first-order valence-electron chi connectivity index (χ1n) is 6.44. The van der Waals surface area contributed by atoms with Crippen LogP contribution < -0.4 is 4.74 Å². The Balaban J connectivity index is 2.32. The molecule has 21 heavy (non-hydrogen) atoms. The minimum Gasteiger partial charge on any atom is -0.497 e. The second-order valence-electron chi connectivity index (χ2n) is 4.59. The van der Waals surface area contributed by atoms with E-state index in [4.69, 9.17) is 4.74 Å². The van der Waals surface area contributed by atoms with Crippen molar-refractivity contribution in [1.82, 2.24) is 0 Å². The molecule has 0 bridgehead atoms. The second kappa shape index (κ2) is 6.10. The average molecular weight is 304 g/mol. The molecule has 0 N–H and O–H groups in total. The zero-order valence-corrected chi connectivity index (χ0v) is 12.6. The molecule has 2 rings (SSSR count). The fourth-order valence-electron chi connectivity index (χ4n) is 1.95. The molecule has 1 unspecified atom stereocenters. The lowest BCUT2D eigenvalue weighted by Gasteiger charge is -2.12. The minimum atomic E-state index is -3.72. The SMILES string of the molecule is COc1ccc(S(=O)(=O)C(C)C(=O)c2ccccc2)cc1. The van der Waals surface area contributed by atoms with Crippen LogP contribution in [-0.2, 0) is 9.84 Å². The van der Waals surface area contributed by atoms with Crippen LogP contribution in [0.5, 0.6) is 5.75 Å². The molecule has 0 amide bonds. The molecule has 5 heteroatoms. The van der Waals surface area contributed by atoms with Crippen LogP contribution in [0.2, 0.25) is 0 Å². The number of hydrogen-bond acceptors (Lipinski definition) is 4. The van der Waals surface area contributed by atoms with E-state index in [1.54, 1.807) is 42.5 Å². The molecule has 0 fully saturated rings. The number of carbonyl (C=O) groups is 1. The standard InChI is InChI=1S/C16H16O4S/c1-12(16(17)13-6-4-3-5-7-13)21(18,19)15-10-8-14(20-2)9-11-15/h3-12H,1-2H3. The van der Waals surface area contributed by atoms with Crippen molar-refractivity contribution in [2.24, 2.45) is 0 Å². The smallest absolute Gasteiger partial charge is 0.188 e. The number of ether oxygens (including phenoxy) is 1. The maximum Gasteiger partial charge on any atom is 0.188 e. The van der Waals surface area contributed by atoms with Crippen LogP contribution in [0, 0.1) is 0 Å². The summed E-state index contributed by atoms with van der Waals surface area (Å²) in [7, 11) is -2.21. The van der Waals surface area contributed by atoms with E-state index in [0.717, 1.165) is 0 Å². The maximum atomic E-state index is 12.5. The van der Waals surface area contributed by atoms with Gasteiger partial charge in [0.15, 0.2) is 15.6 Å². The van der Waals surface area contributed by atoms with Crippen molar-refractivity contribution < 1.29 is 17.9 Å². The predicted molar refractivity (Wildman–Crippen MR) is 80.4 cm³/mol.